The Kier molecular flexibility index (Phi) is 2.68. The van der Waals surface area contributed by atoms with E-state index in [0.717, 1.165) is 12.1 Å². The number of nitrogens with zero attached hydrogens (tertiary/aromatic N) is 1. The molecule has 1 aliphatic rings. The lowest BCUT2D eigenvalue weighted by atomic mass is 10.1. The monoisotopic (exact) mass is 220 g/mol. The van der Waals surface area contributed by atoms with Crippen molar-refractivity contribution in [2.24, 2.45) is 0 Å². The summed E-state index contributed by atoms with van der Waals surface area (Å²) in [6, 6.07) is 7.51. The van der Waals surface area contributed by atoms with Gasteiger partial charge in [-0.05, 0) is 37.5 Å². The van der Waals surface area contributed by atoms with E-state index in [1.54, 1.807) is 12.1 Å². The van der Waals surface area contributed by atoms with Crippen molar-refractivity contribution < 1.29 is 0 Å². The molecule has 0 aliphatic heterocycles. The minimum Gasteiger partial charge on any atom is -0.307 e. The van der Waals surface area contributed by atoms with Crippen LogP contribution in [0.3, 0.4) is 0 Å². The van der Waals surface area contributed by atoms with Crippen LogP contribution in [0.1, 0.15) is 30.9 Å². The highest BCUT2D eigenvalue weighted by Crippen LogP contribution is 2.34. The van der Waals surface area contributed by atoms with E-state index in [1.807, 2.05) is 6.07 Å². The molecule has 78 valence electrons. The van der Waals surface area contributed by atoms with Crippen molar-refractivity contribution in [1.82, 2.24) is 5.32 Å². The molecule has 1 aromatic rings. The summed E-state index contributed by atoms with van der Waals surface area (Å²) in [5, 5.41) is 12.8. The fraction of sp³-hybridized carbons (Fsp3) is 0.417. The average molecular weight is 221 g/mol. The Balaban J connectivity index is 2.05. The SMILES string of the molecule is CC1(NCc2ccc(C#N)cc2Cl)CC1. The minimum absolute atomic E-state index is 0.317. The van der Waals surface area contributed by atoms with Crippen LogP contribution in [0.2, 0.25) is 5.02 Å². The van der Waals surface area contributed by atoms with Crippen LogP contribution in [-0.4, -0.2) is 5.54 Å². The van der Waals surface area contributed by atoms with Crippen LogP contribution in [0.4, 0.5) is 0 Å². The number of hydrogen-bond acceptors (Lipinski definition) is 2. The van der Waals surface area contributed by atoms with Gasteiger partial charge >= 0.3 is 0 Å². The van der Waals surface area contributed by atoms with E-state index in [9.17, 15) is 0 Å². The first-order chi connectivity index (χ1) is 7.13. The van der Waals surface area contributed by atoms with Crippen molar-refractivity contribution in [2.75, 3.05) is 0 Å². The average Bonchev–Trinajstić information content (AvgIpc) is 2.95. The summed E-state index contributed by atoms with van der Waals surface area (Å²) in [7, 11) is 0. The number of halogens is 1. The third-order valence-electron chi connectivity index (χ3n) is 2.89. The molecule has 1 aliphatic carbocycles. The molecule has 0 bridgehead atoms. The van der Waals surface area contributed by atoms with Gasteiger partial charge in [0.1, 0.15) is 0 Å². The fourth-order valence-electron chi connectivity index (χ4n) is 1.43. The highest BCUT2D eigenvalue weighted by Gasteiger charge is 2.36. The van der Waals surface area contributed by atoms with Gasteiger partial charge in [0.2, 0.25) is 0 Å². The number of nitriles is 1. The van der Waals surface area contributed by atoms with Crippen molar-refractivity contribution in [2.45, 2.75) is 31.8 Å². The van der Waals surface area contributed by atoms with Crippen LogP contribution in [-0.2, 0) is 6.54 Å². The third-order valence-corrected chi connectivity index (χ3v) is 3.24. The normalized spacial score (nSPS) is 17.1. The molecule has 3 heteroatoms. The van der Waals surface area contributed by atoms with E-state index in [0.29, 0.717) is 16.1 Å². The molecule has 1 N–H and O–H groups in total. The van der Waals surface area contributed by atoms with Gasteiger partial charge in [-0.15, -0.1) is 0 Å². The van der Waals surface area contributed by atoms with Crippen LogP contribution in [0.15, 0.2) is 18.2 Å². The molecule has 0 unspecified atom stereocenters. The lowest BCUT2D eigenvalue weighted by molar-refractivity contribution is 0.538. The second kappa shape index (κ2) is 3.84. The molecule has 1 aromatic carbocycles. The van der Waals surface area contributed by atoms with Gasteiger partial charge in [0.25, 0.3) is 0 Å². The highest BCUT2D eigenvalue weighted by atomic mass is 35.5. The van der Waals surface area contributed by atoms with E-state index in [4.69, 9.17) is 16.9 Å². The lowest BCUT2D eigenvalue weighted by Crippen LogP contribution is -2.27. The molecule has 1 saturated carbocycles. The van der Waals surface area contributed by atoms with Crippen molar-refractivity contribution in [1.29, 1.82) is 5.26 Å². The van der Waals surface area contributed by atoms with Gasteiger partial charge in [0.15, 0.2) is 0 Å². The minimum atomic E-state index is 0.317. The summed E-state index contributed by atoms with van der Waals surface area (Å²) in [5.74, 6) is 0. The largest absolute Gasteiger partial charge is 0.307 e. The van der Waals surface area contributed by atoms with E-state index in [-0.39, 0.29) is 0 Å². The first-order valence-electron chi connectivity index (χ1n) is 5.06. The topological polar surface area (TPSA) is 35.8 Å². The maximum absolute atomic E-state index is 8.70. The highest BCUT2D eigenvalue weighted by molar-refractivity contribution is 6.31. The van der Waals surface area contributed by atoms with Crippen molar-refractivity contribution in [3.63, 3.8) is 0 Å². The van der Waals surface area contributed by atoms with E-state index in [1.165, 1.54) is 12.8 Å². The standard InChI is InChI=1S/C12H13ClN2/c1-12(4-5-12)15-8-10-3-2-9(7-14)6-11(10)13/h2-3,6,15H,4-5,8H2,1H3. The van der Waals surface area contributed by atoms with Crippen LogP contribution < -0.4 is 5.32 Å². The molecule has 0 aromatic heterocycles. The summed E-state index contributed by atoms with van der Waals surface area (Å²) >= 11 is 6.07. The number of benzene rings is 1. The second-order valence-corrected chi connectivity index (χ2v) is 4.74. The molecule has 0 heterocycles. The van der Waals surface area contributed by atoms with Crippen LogP contribution in [0.5, 0.6) is 0 Å². The molecule has 0 spiro atoms. The summed E-state index contributed by atoms with van der Waals surface area (Å²) in [6.45, 7) is 2.99. The van der Waals surface area contributed by atoms with Gasteiger partial charge in [0, 0.05) is 17.1 Å². The molecule has 2 nitrogen and oxygen atoms in total. The number of rotatable bonds is 3. The summed E-state index contributed by atoms with van der Waals surface area (Å²) in [5.41, 5.74) is 1.99. The molecule has 0 amide bonds. The predicted octanol–water partition coefficient (Wildman–Crippen LogP) is 2.85. The number of nitrogens with one attached hydrogen (secondary N) is 1. The second-order valence-electron chi connectivity index (χ2n) is 4.33. The summed E-state index contributed by atoms with van der Waals surface area (Å²) in [6.07, 6.45) is 2.47. The van der Waals surface area contributed by atoms with Crippen LogP contribution in [0, 0.1) is 11.3 Å². The van der Waals surface area contributed by atoms with Gasteiger partial charge in [0.05, 0.1) is 11.6 Å². The summed E-state index contributed by atoms with van der Waals surface area (Å²) in [4.78, 5) is 0. The van der Waals surface area contributed by atoms with Gasteiger partial charge in [-0.2, -0.15) is 5.26 Å². The molecule has 15 heavy (non-hydrogen) atoms. The van der Waals surface area contributed by atoms with Crippen LogP contribution in [0.25, 0.3) is 0 Å². The zero-order valence-electron chi connectivity index (χ0n) is 8.68. The third kappa shape index (κ3) is 2.50. The molecule has 2 rings (SSSR count). The maximum atomic E-state index is 8.70. The zero-order valence-corrected chi connectivity index (χ0v) is 9.43. The van der Waals surface area contributed by atoms with E-state index < -0.39 is 0 Å². The Bertz CT molecular complexity index is 416. The van der Waals surface area contributed by atoms with Crippen molar-refractivity contribution in [3.05, 3.63) is 34.3 Å². The Labute approximate surface area is 94.9 Å². The Hall–Kier alpha value is -1.04. The molecular formula is C12H13ClN2. The first-order valence-corrected chi connectivity index (χ1v) is 5.44. The smallest absolute Gasteiger partial charge is 0.0992 e. The van der Waals surface area contributed by atoms with Gasteiger partial charge in [-0.1, -0.05) is 17.7 Å². The van der Waals surface area contributed by atoms with Crippen molar-refractivity contribution in [3.8, 4) is 6.07 Å². The Morgan fingerprint density at radius 3 is 2.80 bits per heavy atom. The van der Waals surface area contributed by atoms with Gasteiger partial charge < -0.3 is 5.32 Å². The zero-order chi connectivity index (χ0) is 10.9. The first kappa shape index (κ1) is 10.5. The van der Waals surface area contributed by atoms with Gasteiger partial charge in [-0.3, -0.25) is 0 Å². The van der Waals surface area contributed by atoms with E-state index >= 15 is 0 Å². The maximum Gasteiger partial charge on any atom is 0.0992 e. The van der Waals surface area contributed by atoms with Crippen molar-refractivity contribution >= 4 is 11.6 Å². The predicted molar refractivity (Wildman–Crippen MR) is 60.6 cm³/mol. The Morgan fingerprint density at radius 2 is 2.27 bits per heavy atom. The quantitative estimate of drug-likeness (QED) is 0.851. The molecule has 0 atom stereocenters. The Morgan fingerprint density at radius 1 is 1.53 bits per heavy atom. The van der Waals surface area contributed by atoms with Gasteiger partial charge in [-0.25, -0.2) is 0 Å². The van der Waals surface area contributed by atoms with Crippen LogP contribution >= 0.6 is 11.6 Å². The van der Waals surface area contributed by atoms with E-state index in [2.05, 4.69) is 18.3 Å². The number of hydrogen-bond donors (Lipinski definition) is 1. The fourth-order valence-corrected chi connectivity index (χ4v) is 1.68. The molecule has 0 radical (unpaired) electrons. The summed E-state index contributed by atoms with van der Waals surface area (Å²) < 4.78 is 0. The molecular weight excluding hydrogens is 208 g/mol. The molecule has 1 fully saturated rings. The molecule has 0 saturated heterocycles. The lowest BCUT2D eigenvalue weighted by Gasteiger charge is -2.12.